The molecule has 0 spiro atoms. The molecule has 0 amide bonds. The van der Waals surface area contributed by atoms with E-state index in [9.17, 15) is 8.42 Å². The predicted molar refractivity (Wildman–Crippen MR) is 68.7 cm³/mol. The Balaban J connectivity index is 2.29. The van der Waals surface area contributed by atoms with Crippen LogP contribution in [0.4, 0.5) is 5.69 Å². The Morgan fingerprint density at radius 2 is 2.11 bits per heavy atom. The van der Waals surface area contributed by atoms with E-state index in [-0.39, 0.29) is 17.3 Å². The Bertz CT molecular complexity index is 680. The number of rotatable bonds is 4. The first-order chi connectivity index (χ1) is 8.90. The zero-order valence-electron chi connectivity index (χ0n) is 10.5. The minimum atomic E-state index is -3.66. The van der Waals surface area contributed by atoms with Crippen molar-refractivity contribution in [3.8, 4) is 0 Å². The number of hydrogen-bond donors (Lipinski definition) is 2. The molecule has 0 saturated carbocycles. The van der Waals surface area contributed by atoms with Gasteiger partial charge >= 0.3 is 0 Å². The molecule has 2 aromatic rings. The third-order valence-corrected chi connectivity index (χ3v) is 4.19. The van der Waals surface area contributed by atoms with E-state index in [0.29, 0.717) is 11.3 Å². The topological polar surface area (TPSA) is 111 Å². The molecule has 0 radical (unpaired) electrons. The highest BCUT2D eigenvalue weighted by atomic mass is 32.2. The van der Waals surface area contributed by atoms with E-state index in [4.69, 9.17) is 5.73 Å². The van der Waals surface area contributed by atoms with Crippen molar-refractivity contribution >= 4 is 15.7 Å². The third kappa shape index (κ3) is 2.91. The maximum Gasteiger partial charge on any atom is 0.241 e. The minimum absolute atomic E-state index is 0.0356. The molecule has 8 heteroatoms. The smallest absolute Gasteiger partial charge is 0.241 e. The number of nitrogens with two attached hydrogens (primary N) is 1. The summed E-state index contributed by atoms with van der Waals surface area (Å²) in [6, 6.07) is 3.30. The Labute approximate surface area is 110 Å². The van der Waals surface area contributed by atoms with Crippen LogP contribution in [0.2, 0.25) is 0 Å². The van der Waals surface area contributed by atoms with Crippen molar-refractivity contribution < 1.29 is 12.9 Å². The molecular formula is C11H14N4O3S. The van der Waals surface area contributed by atoms with Gasteiger partial charge in [0.05, 0.1) is 11.4 Å². The second-order valence-corrected chi connectivity index (χ2v) is 5.88. The first-order valence-electron chi connectivity index (χ1n) is 5.52. The average molecular weight is 282 g/mol. The maximum absolute atomic E-state index is 12.2. The van der Waals surface area contributed by atoms with Gasteiger partial charge in [0.15, 0.2) is 5.82 Å². The van der Waals surface area contributed by atoms with Gasteiger partial charge in [-0.1, -0.05) is 5.16 Å². The van der Waals surface area contributed by atoms with Crippen molar-refractivity contribution in [3.05, 3.63) is 35.5 Å². The van der Waals surface area contributed by atoms with Crippen molar-refractivity contribution in [2.75, 3.05) is 5.73 Å². The first kappa shape index (κ1) is 13.5. The second-order valence-electron chi connectivity index (χ2n) is 4.15. The Morgan fingerprint density at radius 1 is 1.37 bits per heavy atom. The van der Waals surface area contributed by atoms with Gasteiger partial charge < -0.3 is 10.3 Å². The number of nitrogens with one attached hydrogen (secondary N) is 1. The van der Waals surface area contributed by atoms with Crippen LogP contribution in [0.1, 0.15) is 17.0 Å². The highest BCUT2D eigenvalue weighted by molar-refractivity contribution is 7.89. The number of nitrogens with zero attached hydrogens (tertiary/aromatic N) is 2. The predicted octanol–water partition coefficient (Wildman–Crippen LogP) is 0.747. The fourth-order valence-electron chi connectivity index (χ4n) is 1.64. The summed E-state index contributed by atoms with van der Waals surface area (Å²) in [6.45, 7) is 3.41. The molecule has 102 valence electrons. The molecule has 0 aliphatic carbocycles. The summed E-state index contributed by atoms with van der Waals surface area (Å²) in [5, 5.41) is 3.53. The summed E-state index contributed by atoms with van der Waals surface area (Å²) in [4.78, 5) is 3.90. The van der Waals surface area contributed by atoms with Gasteiger partial charge in [0.1, 0.15) is 0 Å². The van der Waals surface area contributed by atoms with Crippen LogP contribution in [-0.4, -0.2) is 18.6 Å². The number of aryl methyl sites for hydroxylation is 1. The van der Waals surface area contributed by atoms with Gasteiger partial charge in [0.2, 0.25) is 16.4 Å². The fraction of sp³-hybridized carbons (Fsp3) is 0.273. The number of benzene rings is 1. The Kier molecular flexibility index (Phi) is 3.54. The molecular weight excluding hydrogens is 268 g/mol. The lowest BCUT2D eigenvalue weighted by molar-refractivity contribution is 0.409. The minimum Gasteiger partial charge on any atom is -0.398 e. The molecule has 0 fully saturated rings. The Hall–Kier alpha value is -1.93. The standard InChI is InChI=1S/C11H14N4O3S/c1-7-3-9(12)8(2)10(4-7)19(16,17)14-5-11-13-6-18-15-11/h3-4,6,14H,5,12H2,1-2H3. The molecule has 1 aromatic carbocycles. The summed E-state index contributed by atoms with van der Waals surface area (Å²) >= 11 is 0. The summed E-state index contributed by atoms with van der Waals surface area (Å²) in [6.07, 6.45) is 1.14. The van der Waals surface area contributed by atoms with Crippen molar-refractivity contribution in [1.82, 2.24) is 14.9 Å². The molecule has 0 unspecified atom stereocenters. The zero-order valence-corrected chi connectivity index (χ0v) is 11.4. The molecule has 0 saturated heterocycles. The molecule has 7 nitrogen and oxygen atoms in total. The summed E-state index contributed by atoms with van der Waals surface area (Å²) in [5.74, 6) is 0.266. The van der Waals surface area contributed by atoms with Gasteiger partial charge in [0, 0.05) is 5.69 Å². The third-order valence-electron chi connectivity index (χ3n) is 2.66. The van der Waals surface area contributed by atoms with Crippen LogP contribution in [0.15, 0.2) is 27.9 Å². The fourth-order valence-corrected chi connectivity index (χ4v) is 2.98. The van der Waals surface area contributed by atoms with Crippen LogP contribution >= 0.6 is 0 Å². The van der Waals surface area contributed by atoms with Crippen molar-refractivity contribution in [2.45, 2.75) is 25.3 Å². The van der Waals surface area contributed by atoms with Gasteiger partial charge in [0.25, 0.3) is 0 Å². The van der Waals surface area contributed by atoms with E-state index in [2.05, 4.69) is 19.4 Å². The Morgan fingerprint density at radius 3 is 2.74 bits per heavy atom. The van der Waals surface area contributed by atoms with Crippen LogP contribution in [0.25, 0.3) is 0 Å². The van der Waals surface area contributed by atoms with Gasteiger partial charge in [-0.25, -0.2) is 13.1 Å². The lowest BCUT2D eigenvalue weighted by Crippen LogP contribution is -2.25. The normalized spacial score (nSPS) is 11.7. The largest absolute Gasteiger partial charge is 0.398 e. The van der Waals surface area contributed by atoms with Crippen molar-refractivity contribution in [1.29, 1.82) is 0 Å². The molecule has 0 atom stereocenters. The SMILES string of the molecule is Cc1cc(N)c(C)c(S(=O)(=O)NCc2ncon2)c1. The molecule has 3 N–H and O–H groups in total. The van der Waals surface area contributed by atoms with E-state index in [1.54, 1.807) is 26.0 Å². The second kappa shape index (κ2) is 4.98. The quantitative estimate of drug-likeness (QED) is 0.800. The average Bonchev–Trinajstić information content (AvgIpc) is 2.84. The number of sulfonamides is 1. The lowest BCUT2D eigenvalue weighted by Gasteiger charge is -2.11. The highest BCUT2D eigenvalue weighted by Gasteiger charge is 2.19. The first-order valence-corrected chi connectivity index (χ1v) is 7.00. The van der Waals surface area contributed by atoms with Crippen LogP contribution in [0.5, 0.6) is 0 Å². The summed E-state index contributed by atoms with van der Waals surface area (Å²) < 4.78 is 31.3. The van der Waals surface area contributed by atoms with E-state index < -0.39 is 10.0 Å². The zero-order chi connectivity index (χ0) is 14.0. The summed E-state index contributed by atoms with van der Waals surface area (Å²) in [5.41, 5.74) is 7.52. The lowest BCUT2D eigenvalue weighted by atomic mass is 10.1. The van der Waals surface area contributed by atoms with Crippen LogP contribution in [-0.2, 0) is 16.6 Å². The van der Waals surface area contributed by atoms with Crippen LogP contribution < -0.4 is 10.5 Å². The summed E-state index contributed by atoms with van der Waals surface area (Å²) in [7, 11) is -3.66. The molecule has 0 bridgehead atoms. The number of aromatic nitrogens is 2. The van der Waals surface area contributed by atoms with Gasteiger partial charge in [-0.2, -0.15) is 4.98 Å². The monoisotopic (exact) mass is 282 g/mol. The number of anilines is 1. The van der Waals surface area contributed by atoms with E-state index in [1.807, 2.05) is 0 Å². The molecule has 2 rings (SSSR count). The number of nitrogen functional groups attached to an aromatic ring is 1. The van der Waals surface area contributed by atoms with Gasteiger partial charge in [-0.3, -0.25) is 0 Å². The maximum atomic E-state index is 12.2. The van der Waals surface area contributed by atoms with E-state index >= 15 is 0 Å². The molecule has 0 aliphatic rings. The number of hydrogen-bond acceptors (Lipinski definition) is 6. The molecule has 0 aliphatic heterocycles. The van der Waals surface area contributed by atoms with E-state index in [0.717, 1.165) is 12.0 Å². The molecule has 19 heavy (non-hydrogen) atoms. The van der Waals surface area contributed by atoms with Gasteiger partial charge in [-0.15, -0.1) is 0 Å². The van der Waals surface area contributed by atoms with Crippen LogP contribution in [0, 0.1) is 13.8 Å². The van der Waals surface area contributed by atoms with Crippen molar-refractivity contribution in [3.63, 3.8) is 0 Å². The van der Waals surface area contributed by atoms with Gasteiger partial charge in [-0.05, 0) is 37.1 Å². The van der Waals surface area contributed by atoms with Crippen molar-refractivity contribution in [2.24, 2.45) is 0 Å². The molecule has 1 aromatic heterocycles. The van der Waals surface area contributed by atoms with Crippen LogP contribution in [0.3, 0.4) is 0 Å². The highest BCUT2D eigenvalue weighted by Crippen LogP contribution is 2.22. The molecule has 1 heterocycles. The van der Waals surface area contributed by atoms with E-state index in [1.165, 1.54) is 0 Å².